The summed E-state index contributed by atoms with van der Waals surface area (Å²) in [5.74, 6) is -7.39. The number of carboxylic acids is 2. The molecule has 2 aliphatic rings. The number of nitro benzene ring substituents is 4. The Bertz CT molecular complexity index is 5010. The number of methoxy groups -OCH3 is 2. The van der Waals surface area contributed by atoms with Gasteiger partial charge in [-0.1, -0.05) is 68.4 Å². The summed E-state index contributed by atoms with van der Waals surface area (Å²) in [6, 6.07) is 28.2. The second kappa shape index (κ2) is 42.9. The maximum absolute atomic E-state index is 14.5. The molecule has 8 aromatic carbocycles. The van der Waals surface area contributed by atoms with Crippen LogP contribution < -0.4 is 10.8 Å². The summed E-state index contributed by atoms with van der Waals surface area (Å²) >= 11 is 30.9. The van der Waals surface area contributed by atoms with Gasteiger partial charge in [-0.05, 0) is 185 Å². The molecule has 2 heterocycles. The first kappa shape index (κ1) is 96.1. The smallest absolute Gasteiger partial charge is 0.477 e. The number of ether oxygens (including phenoxy) is 4. The van der Waals surface area contributed by atoms with Crippen LogP contribution in [0.1, 0.15) is 83.0 Å². The van der Waals surface area contributed by atoms with Gasteiger partial charge in [0, 0.05) is 97.2 Å². The molecule has 0 spiro atoms. The monoisotopic (exact) mass is 1790 g/mol. The molecule has 3 amide bonds. The van der Waals surface area contributed by atoms with Gasteiger partial charge < -0.3 is 59.2 Å². The average Bonchev–Trinajstić information content (AvgIpc) is 0.797. The van der Waals surface area contributed by atoms with Crippen molar-refractivity contribution >= 4 is 156 Å². The lowest BCUT2D eigenvalue weighted by Gasteiger charge is -2.40. The Morgan fingerprint density at radius 3 is 1.21 bits per heavy atom. The Balaban J connectivity index is 0.000000262. The van der Waals surface area contributed by atoms with E-state index >= 15 is 0 Å². The highest BCUT2D eigenvalue weighted by Crippen LogP contribution is 2.35. The van der Waals surface area contributed by atoms with Crippen LogP contribution in [0.2, 0.25) is 20.1 Å². The topological polar surface area (TPSA) is 449 Å². The standard InChI is InChI=1S/C24H25ClFN3O7.C13H6Cl2FNO3.C13H7ClFNO4.C11H20N2O4.C7H4BrNO4.C6H5BClFO2/c1-24(2,3)36-23(32)27-9-10-28(20(13-27)22(31)35-4)21(30)17-11-14(5-8-19(17)29(33)34)16-7-6-15(25)12-18(16)26;14-8-2-3-9(11(16)6-8)7-1-4-12(17(19)20)10(5-7)13(15)18;14-8-2-3-9(11(15)6-8)7-1-4-12(16(19)20)10(5-7)13(17)18;1-11(2,3)17-10(15)13-6-5-12-8(7-13)9(14)16-4;8-4-1-2-6(9(12)13)5(3-4)7(10)11;8-4-1-2-5(7(10)11)6(9)3-4/h5-8,11-12,20H,9-10,13H2,1-4H3;1-6H;1-6H,(H,17,18);8,12H,5-7H2,1-4H3;1-3H,(H,10,11);1-3,10-11H. The van der Waals surface area contributed by atoms with E-state index in [1.807, 2.05) is 20.8 Å². The molecule has 0 bridgehead atoms. The van der Waals surface area contributed by atoms with E-state index in [-0.39, 0.29) is 102 Å². The minimum absolute atomic E-state index is 0.0213. The number of hydrogen-bond acceptors (Lipinski definition) is 23. The number of halogens is 10. The normalized spacial score (nSPS) is 13.5. The summed E-state index contributed by atoms with van der Waals surface area (Å²) in [5.41, 5.74) is -3.71. The summed E-state index contributed by atoms with van der Waals surface area (Å²) < 4.78 is 75.3. The van der Waals surface area contributed by atoms with Gasteiger partial charge in [-0.25, -0.2) is 41.5 Å². The van der Waals surface area contributed by atoms with E-state index in [2.05, 4.69) is 26.0 Å². The highest BCUT2D eigenvalue weighted by atomic mass is 79.9. The fraction of sp³-hybridized carbons (Fsp3) is 0.243. The first-order valence-corrected chi connectivity index (χ1v) is 36.1. The number of carbonyl (C=O) groups excluding carboxylic acids is 6. The lowest BCUT2D eigenvalue weighted by Crippen LogP contribution is -2.60. The highest BCUT2D eigenvalue weighted by Gasteiger charge is 2.41. The van der Waals surface area contributed by atoms with Gasteiger partial charge in [-0.2, -0.15) is 0 Å². The number of piperazine rings is 2. The first-order chi connectivity index (χ1) is 54.6. The van der Waals surface area contributed by atoms with E-state index in [1.54, 1.807) is 20.8 Å². The first-order valence-electron chi connectivity index (χ1n) is 33.4. The minimum atomic E-state index is -1.78. The summed E-state index contributed by atoms with van der Waals surface area (Å²) in [7, 11) is 0.674. The fourth-order valence-electron chi connectivity index (χ4n) is 10.4. The van der Waals surface area contributed by atoms with Gasteiger partial charge >= 0.3 is 43.2 Å². The van der Waals surface area contributed by atoms with Gasteiger partial charge in [0.1, 0.15) is 68.8 Å². The number of nitrogens with zero attached hydrogens (tertiary/aromatic N) is 7. The number of carboxylic acid groups (broad SMARTS) is 2. The van der Waals surface area contributed by atoms with Gasteiger partial charge in [0.05, 0.1) is 47.0 Å². The van der Waals surface area contributed by atoms with Crippen LogP contribution in [0.3, 0.4) is 0 Å². The molecule has 32 nitrogen and oxygen atoms in total. The lowest BCUT2D eigenvalue weighted by molar-refractivity contribution is -0.385. The van der Waals surface area contributed by atoms with Crippen LogP contribution in [0.15, 0.2) is 150 Å². The highest BCUT2D eigenvalue weighted by molar-refractivity contribution is 9.10. The summed E-state index contributed by atoms with van der Waals surface area (Å²) in [6.45, 7) is 11.5. The van der Waals surface area contributed by atoms with Gasteiger partial charge in [0.15, 0.2) is 0 Å². The van der Waals surface area contributed by atoms with E-state index in [9.17, 15) is 96.4 Å². The van der Waals surface area contributed by atoms with E-state index in [0.29, 0.717) is 23.1 Å². The number of nitro groups is 4. The molecule has 0 aliphatic carbocycles. The van der Waals surface area contributed by atoms with Crippen molar-refractivity contribution in [2.75, 3.05) is 53.5 Å². The quantitative estimate of drug-likeness (QED) is 0.0128. The van der Waals surface area contributed by atoms with E-state index in [4.69, 9.17) is 92.5 Å². The number of esters is 2. The average molecular weight is 1800 g/mol. The molecule has 43 heteroatoms. The van der Waals surface area contributed by atoms with E-state index in [0.717, 1.165) is 66.6 Å². The van der Waals surface area contributed by atoms with Crippen molar-refractivity contribution in [2.24, 2.45) is 0 Å². The van der Waals surface area contributed by atoms with Crippen LogP contribution in [-0.2, 0) is 28.5 Å². The third kappa shape index (κ3) is 28.2. The molecule has 0 saturated carbocycles. The summed E-state index contributed by atoms with van der Waals surface area (Å²) in [4.78, 5) is 139. The van der Waals surface area contributed by atoms with Crippen LogP contribution in [-0.4, -0.2) is 186 Å². The third-order valence-electron chi connectivity index (χ3n) is 15.7. The maximum atomic E-state index is 14.5. The number of nitrogens with one attached hydrogen (secondary N) is 1. The van der Waals surface area contributed by atoms with Crippen LogP contribution in [0.4, 0.5) is 49.9 Å². The van der Waals surface area contributed by atoms with Crippen molar-refractivity contribution in [3.05, 3.63) is 256 Å². The summed E-state index contributed by atoms with van der Waals surface area (Å²) in [5, 5.41) is 81.1. The molecular weight excluding hydrogens is 1730 g/mol. The Kier molecular flexibility index (Phi) is 35.3. The zero-order valence-corrected chi connectivity index (χ0v) is 67.6. The SMILES string of the molecule is COC(=O)C1CN(C(=O)OC(C)(C)C)CCN1.COC(=O)C1CN(C(=O)OC(C)(C)C)CCN1C(=O)c1cc(-c2ccc(Cl)cc2F)ccc1[N+](=O)[O-].O=C(Cl)c1cc(-c2ccc(Cl)cc2F)ccc1[N+](=O)[O-].O=C(O)c1cc(-c2ccc(Cl)cc2F)ccc1[N+](=O)[O-].O=C(O)c1cc(Br)ccc1[N+](=O)[O-].OB(O)c1ccc(Cl)cc1F. The van der Waals surface area contributed by atoms with Crippen LogP contribution in [0.5, 0.6) is 0 Å². The molecule has 10 rings (SSSR count). The zero-order valence-electron chi connectivity index (χ0n) is 62.2. The van der Waals surface area contributed by atoms with Crippen molar-refractivity contribution < 1.29 is 115 Å². The number of rotatable bonds is 14. The van der Waals surface area contributed by atoms with Crippen molar-refractivity contribution in [2.45, 2.75) is 64.8 Å². The van der Waals surface area contributed by atoms with Crippen molar-refractivity contribution in [3.8, 4) is 33.4 Å². The molecule has 5 N–H and O–H groups in total. The van der Waals surface area contributed by atoms with Crippen LogP contribution in [0, 0.1) is 63.7 Å². The maximum Gasteiger partial charge on any atom is 0.491 e. The predicted octanol–water partition coefficient (Wildman–Crippen LogP) is 15.1. The zero-order chi connectivity index (χ0) is 88.0. The summed E-state index contributed by atoms with van der Waals surface area (Å²) in [6.07, 6.45) is -1.07. The molecule has 2 atom stereocenters. The lowest BCUT2D eigenvalue weighted by atomic mass is 9.80. The molecule has 8 aromatic rings. The Labute approximate surface area is 695 Å². The molecule has 2 aliphatic heterocycles. The second-order valence-electron chi connectivity index (χ2n) is 26.1. The molecule has 2 unspecified atom stereocenters. The molecule has 0 radical (unpaired) electrons. The molecule has 620 valence electrons. The predicted molar refractivity (Wildman–Crippen MR) is 423 cm³/mol. The van der Waals surface area contributed by atoms with Gasteiger partial charge in [0.2, 0.25) is 0 Å². The van der Waals surface area contributed by atoms with Crippen molar-refractivity contribution in [3.63, 3.8) is 0 Å². The van der Waals surface area contributed by atoms with Crippen molar-refractivity contribution in [1.29, 1.82) is 0 Å². The van der Waals surface area contributed by atoms with E-state index in [1.165, 1.54) is 108 Å². The fourth-order valence-corrected chi connectivity index (χ4v) is 11.5. The number of carbonyl (C=O) groups is 8. The van der Waals surface area contributed by atoms with Gasteiger partial charge in [0.25, 0.3) is 33.9 Å². The molecule has 0 aromatic heterocycles. The van der Waals surface area contributed by atoms with Gasteiger partial charge in [-0.3, -0.25) is 54.8 Å². The Hall–Kier alpha value is -11.5. The van der Waals surface area contributed by atoms with Crippen molar-refractivity contribution in [1.82, 2.24) is 20.0 Å². The van der Waals surface area contributed by atoms with E-state index < -0.39 is 143 Å². The third-order valence-corrected chi connectivity index (χ3v) is 17.3. The number of amides is 3. The number of hydrogen-bond donors (Lipinski definition) is 5. The molecule has 2 fully saturated rings. The second-order valence-corrected chi connectivity index (χ2v) is 29.1. The largest absolute Gasteiger partial charge is 0.491 e. The molecule has 117 heavy (non-hydrogen) atoms. The molecular formula is C74H67BBrCl5F4N8O24. The van der Waals surface area contributed by atoms with Gasteiger partial charge in [-0.15, -0.1) is 0 Å². The number of aromatic carboxylic acids is 2. The Morgan fingerprint density at radius 2 is 0.846 bits per heavy atom. The minimum Gasteiger partial charge on any atom is -0.477 e. The van der Waals surface area contributed by atoms with Crippen LogP contribution >= 0.6 is 73.9 Å². The number of benzene rings is 8. The van der Waals surface area contributed by atoms with Crippen LogP contribution in [0.25, 0.3) is 33.4 Å². The Morgan fingerprint density at radius 1 is 0.487 bits per heavy atom. The molecule has 2 saturated heterocycles.